The van der Waals surface area contributed by atoms with E-state index in [4.69, 9.17) is 32.9 Å². The van der Waals surface area contributed by atoms with Crippen LogP contribution in [-0.4, -0.2) is 41.6 Å². The highest BCUT2D eigenvalue weighted by Gasteiger charge is 2.41. The van der Waals surface area contributed by atoms with E-state index in [9.17, 15) is 0 Å². The van der Waals surface area contributed by atoms with Crippen LogP contribution in [0.1, 0.15) is 39.2 Å². The van der Waals surface area contributed by atoms with Gasteiger partial charge in [-0.2, -0.15) is 0 Å². The van der Waals surface area contributed by atoms with Crippen molar-refractivity contribution in [2.75, 3.05) is 19.7 Å². The second-order valence-electron chi connectivity index (χ2n) is 7.25. The van der Waals surface area contributed by atoms with Crippen LogP contribution in [0.3, 0.4) is 0 Å². The highest BCUT2D eigenvalue weighted by Crippen LogP contribution is 2.35. The average molecular weight is 341 g/mol. The number of halogens is 2. The van der Waals surface area contributed by atoms with Crippen LogP contribution in [0.2, 0.25) is 10.0 Å². The van der Waals surface area contributed by atoms with E-state index in [1.165, 1.54) is 0 Å². The Morgan fingerprint density at radius 2 is 1.68 bits per heavy atom. The molecule has 0 aromatic heterocycles. The van der Waals surface area contributed by atoms with Crippen LogP contribution in [0.5, 0.6) is 0 Å². The van der Waals surface area contributed by atoms with Gasteiger partial charge < -0.3 is 4.74 Å². The van der Waals surface area contributed by atoms with Gasteiger partial charge in [0, 0.05) is 34.2 Å². The predicted molar refractivity (Wildman–Crippen MR) is 92.2 cm³/mol. The Morgan fingerprint density at radius 1 is 1.09 bits per heavy atom. The molecule has 3 rings (SSSR count). The summed E-state index contributed by atoms with van der Waals surface area (Å²) in [6.07, 6.45) is 2.06. The molecule has 0 unspecified atom stereocenters. The van der Waals surface area contributed by atoms with Crippen LogP contribution < -0.4 is 0 Å². The van der Waals surface area contributed by atoms with Gasteiger partial charge in [-0.25, -0.2) is 4.99 Å². The SMILES string of the molecule is CC(C)(C)N1CCC2(CC1)COC(c1cc(Cl)cc(Cl)c1)=N2. The molecular weight excluding hydrogens is 319 g/mol. The van der Waals surface area contributed by atoms with Gasteiger partial charge >= 0.3 is 0 Å². The topological polar surface area (TPSA) is 24.8 Å². The molecule has 2 aliphatic heterocycles. The molecule has 3 nitrogen and oxygen atoms in total. The average Bonchev–Trinajstić information content (AvgIpc) is 2.81. The maximum atomic E-state index is 6.07. The van der Waals surface area contributed by atoms with E-state index in [-0.39, 0.29) is 11.1 Å². The van der Waals surface area contributed by atoms with Gasteiger partial charge in [0.15, 0.2) is 0 Å². The van der Waals surface area contributed by atoms with E-state index in [0.29, 0.717) is 22.5 Å². The van der Waals surface area contributed by atoms with Crippen LogP contribution in [0.4, 0.5) is 0 Å². The second kappa shape index (κ2) is 5.70. The van der Waals surface area contributed by atoms with Crippen LogP contribution in [0.15, 0.2) is 23.2 Å². The summed E-state index contributed by atoms with van der Waals surface area (Å²) in [5, 5.41) is 1.22. The Bertz CT molecular complexity index is 579. The van der Waals surface area contributed by atoms with Crippen molar-refractivity contribution in [3.63, 3.8) is 0 Å². The lowest BCUT2D eigenvalue weighted by atomic mass is 9.87. The van der Waals surface area contributed by atoms with Crippen molar-refractivity contribution in [3.8, 4) is 0 Å². The number of likely N-dealkylation sites (tertiary alicyclic amines) is 1. The molecule has 1 saturated heterocycles. The molecule has 120 valence electrons. The Balaban J connectivity index is 1.77. The van der Waals surface area contributed by atoms with E-state index < -0.39 is 0 Å². The van der Waals surface area contributed by atoms with E-state index >= 15 is 0 Å². The number of ether oxygens (including phenoxy) is 1. The van der Waals surface area contributed by atoms with Crippen LogP contribution in [-0.2, 0) is 4.74 Å². The first kappa shape index (κ1) is 16.1. The fourth-order valence-electron chi connectivity index (χ4n) is 3.16. The van der Waals surface area contributed by atoms with Gasteiger partial charge in [0.2, 0.25) is 5.90 Å². The summed E-state index contributed by atoms with van der Waals surface area (Å²) in [6.45, 7) is 9.56. The molecule has 0 atom stereocenters. The van der Waals surface area contributed by atoms with Crippen LogP contribution in [0, 0.1) is 0 Å². The van der Waals surface area contributed by atoms with Gasteiger partial charge in [-0.15, -0.1) is 0 Å². The van der Waals surface area contributed by atoms with Gasteiger partial charge in [-0.3, -0.25) is 4.90 Å². The smallest absolute Gasteiger partial charge is 0.216 e. The van der Waals surface area contributed by atoms with Crippen LogP contribution in [0.25, 0.3) is 0 Å². The number of hydrogen-bond acceptors (Lipinski definition) is 3. The molecule has 1 aromatic rings. The van der Waals surface area contributed by atoms with Gasteiger partial charge in [-0.1, -0.05) is 23.2 Å². The lowest BCUT2D eigenvalue weighted by Gasteiger charge is -2.43. The highest BCUT2D eigenvalue weighted by molar-refractivity contribution is 6.35. The van der Waals surface area contributed by atoms with E-state index in [1.807, 2.05) is 12.1 Å². The lowest BCUT2D eigenvalue weighted by Crippen LogP contribution is -2.51. The molecule has 2 heterocycles. The zero-order chi connectivity index (χ0) is 16.0. The molecule has 0 amide bonds. The Hall–Kier alpha value is -0.770. The Labute approximate surface area is 142 Å². The molecule has 1 spiro atoms. The Morgan fingerprint density at radius 3 is 2.23 bits per heavy atom. The molecule has 5 heteroatoms. The van der Waals surface area contributed by atoms with Gasteiger partial charge in [0.05, 0.1) is 0 Å². The maximum absolute atomic E-state index is 6.07. The first-order valence-corrected chi connectivity index (χ1v) is 8.47. The standard InChI is InChI=1S/C17H22Cl2N2O/c1-16(2,3)21-6-4-17(5-7-21)11-22-15(20-17)12-8-13(18)10-14(19)9-12/h8-10H,4-7,11H2,1-3H3. The van der Waals surface area contributed by atoms with Crippen molar-refractivity contribution < 1.29 is 4.74 Å². The largest absolute Gasteiger partial charge is 0.475 e. The van der Waals surface area contributed by atoms with Crippen molar-refractivity contribution in [1.29, 1.82) is 0 Å². The third-order valence-electron chi connectivity index (χ3n) is 4.57. The molecule has 0 bridgehead atoms. The maximum Gasteiger partial charge on any atom is 0.216 e. The summed E-state index contributed by atoms with van der Waals surface area (Å²) >= 11 is 12.1. The van der Waals surface area contributed by atoms with Crippen molar-refractivity contribution in [1.82, 2.24) is 4.90 Å². The molecule has 22 heavy (non-hydrogen) atoms. The number of aliphatic imine (C=N–C) groups is 1. The molecular formula is C17H22Cl2N2O. The van der Waals surface area contributed by atoms with Crippen molar-refractivity contribution in [3.05, 3.63) is 33.8 Å². The molecule has 0 saturated carbocycles. The van der Waals surface area contributed by atoms with Crippen molar-refractivity contribution >= 4 is 29.1 Å². The third-order valence-corrected chi connectivity index (χ3v) is 5.01. The van der Waals surface area contributed by atoms with Gasteiger partial charge in [-0.05, 0) is 51.8 Å². The van der Waals surface area contributed by atoms with Crippen molar-refractivity contribution in [2.45, 2.75) is 44.7 Å². The quantitative estimate of drug-likeness (QED) is 0.756. The first-order valence-electron chi connectivity index (χ1n) is 7.72. The minimum Gasteiger partial charge on any atom is -0.475 e. The zero-order valence-corrected chi connectivity index (χ0v) is 14.8. The first-order chi connectivity index (χ1) is 10.3. The molecule has 0 radical (unpaired) electrons. The normalized spacial score (nSPS) is 21.8. The van der Waals surface area contributed by atoms with Gasteiger partial charge in [0.25, 0.3) is 0 Å². The summed E-state index contributed by atoms with van der Waals surface area (Å²) < 4.78 is 5.88. The van der Waals surface area contributed by atoms with Crippen molar-refractivity contribution in [2.24, 2.45) is 4.99 Å². The Kier molecular flexibility index (Phi) is 4.17. The molecule has 0 N–H and O–H groups in total. The minimum atomic E-state index is -0.0775. The molecule has 0 aliphatic carbocycles. The summed E-state index contributed by atoms with van der Waals surface area (Å²) in [6, 6.07) is 5.44. The number of piperidine rings is 1. The summed E-state index contributed by atoms with van der Waals surface area (Å²) in [7, 11) is 0. The van der Waals surface area contributed by atoms with E-state index in [1.54, 1.807) is 6.07 Å². The van der Waals surface area contributed by atoms with Gasteiger partial charge in [0.1, 0.15) is 12.1 Å². The minimum absolute atomic E-state index is 0.0775. The summed E-state index contributed by atoms with van der Waals surface area (Å²) in [5.74, 6) is 0.675. The van der Waals surface area contributed by atoms with E-state index in [2.05, 4.69) is 25.7 Å². The van der Waals surface area contributed by atoms with Crippen LogP contribution >= 0.6 is 23.2 Å². The number of benzene rings is 1. The fraction of sp³-hybridized carbons (Fsp3) is 0.588. The number of hydrogen-bond donors (Lipinski definition) is 0. The predicted octanol–water partition coefficient (Wildman–Crippen LogP) is 4.40. The molecule has 2 aliphatic rings. The van der Waals surface area contributed by atoms with E-state index in [0.717, 1.165) is 31.5 Å². The number of rotatable bonds is 1. The summed E-state index contributed by atoms with van der Waals surface area (Å²) in [4.78, 5) is 7.41. The zero-order valence-electron chi connectivity index (χ0n) is 13.3. The second-order valence-corrected chi connectivity index (χ2v) is 8.12. The molecule has 1 fully saturated rings. The number of nitrogens with zero attached hydrogens (tertiary/aromatic N) is 2. The fourth-order valence-corrected chi connectivity index (χ4v) is 3.68. The highest BCUT2D eigenvalue weighted by atomic mass is 35.5. The lowest BCUT2D eigenvalue weighted by molar-refractivity contribution is 0.0675. The monoisotopic (exact) mass is 340 g/mol. The summed E-state index contributed by atoms with van der Waals surface area (Å²) in [5.41, 5.74) is 1.01. The molecule has 1 aromatic carbocycles. The third kappa shape index (κ3) is 3.27.